The molecule has 106 valence electrons. The van der Waals surface area contributed by atoms with Crippen LogP contribution in [0.4, 0.5) is 0 Å². The van der Waals surface area contributed by atoms with Gasteiger partial charge in [-0.2, -0.15) is 0 Å². The van der Waals surface area contributed by atoms with Gasteiger partial charge in [0.25, 0.3) is 0 Å². The number of thiophene rings is 1. The van der Waals surface area contributed by atoms with Crippen LogP contribution in [0, 0.1) is 5.92 Å². The third kappa shape index (κ3) is 4.84. The van der Waals surface area contributed by atoms with Crippen LogP contribution in [-0.4, -0.2) is 17.9 Å². The van der Waals surface area contributed by atoms with Crippen molar-refractivity contribution in [3.8, 4) is 0 Å². The number of hydrogen-bond donors (Lipinski definition) is 2. The summed E-state index contributed by atoms with van der Waals surface area (Å²) in [4.78, 5) is 24.3. The van der Waals surface area contributed by atoms with E-state index in [0.717, 1.165) is 4.88 Å². The van der Waals surface area contributed by atoms with Crippen LogP contribution in [0.15, 0.2) is 12.1 Å². The minimum Gasteiger partial charge on any atom is -0.347 e. The van der Waals surface area contributed by atoms with Gasteiger partial charge in [0.2, 0.25) is 11.8 Å². The average molecular weight is 303 g/mol. The first-order valence-electron chi connectivity index (χ1n) is 6.14. The fourth-order valence-electron chi connectivity index (χ4n) is 1.69. The van der Waals surface area contributed by atoms with Crippen LogP contribution in [-0.2, 0) is 9.59 Å². The Morgan fingerprint density at radius 3 is 2.26 bits per heavy atom. The molecule has 1 aromatic rings. The summed E-state index contributed by atoms with van der Waals surface area (Å²) in [5.41, 5.74) is 0. The zero-order valence-corrected chi connectivity index (χ0v) is 13.1. The van der Waals surface area contributed by atoms with Gasteiger partial charge in [-0.3, -0.25) is 9.59 Å². The Morgan fingerprint density at radius 1 is 1.21 bits per heavy atom. The lowest BCUT2D eigenvalue weighted by molar-refractivity contribution is -0.129. The molecular formula is C13H19ClN2O2S. The quantitative estimate of drug-likeness (QED) is 0.878. The summed E-state index contributed by atoms with van der Waals surface area (Å²) in [5, 5.41) is 5.56. The summed E-state index contributed by atoms with van der Waals surface area (Å²) in [5.74, 6) is -0.356. The van der Waals surface area contributed by atoms with E-state index in [9.17, 15) is 9.59 Å². The molecule has 0 saturated heterocycles. The van der Waals surface area contributed by atoms with E-state index in [0.29, 0.717) is 4.34 Å². The van der Waals surface area contributed by atoms with Crippen LogP contribution in [0.3, 0.4) is 0 Å². The number of carbonyl (C=O) groups excluding carboxylic acids is 2. The Labute approximate surface area is 122 Å². The van der Waals surface area contributed by atoms with Crippen LogP contribution in [0.1, 0.15) is 38.6 Å². The Bertz CT molecular complexity index is 459. The molecule has 0 aliphatic carbocycles. The van der Waals surface area contributed by atoms with Gasteiger partial charge in [0.1, 0.15) is 6.04 Å². The first kappa shape index (κ1) is 16.0. The third-order valence-corrected chi connectivity index (χ3v) is 4.10. The Morgan fingerprint density at radius 2 is 1.84 bits per heavy atom. The number of halogens is 1. The lowest BCUT2D eigenvalue weighted by Gasteiger charge is -2.23. The van der Waals surface area contributed by atoms with Crippen molar-refractivity contribution in [2.45, 2.75) is 39.8 Å². The van der Waals surface area contributed by atoms with E-state index in [1.54, 1.807) is 6.07 Å². The van der Waals surface area contributed by atoms with Gasteiger partial charge in [-0.1, -0.05) is 25.4 Å². The standard InChI is InChI=1S/C13H19ClN2O2S/c1-7(2)12(16-9(4)17)13(18)15-8(3)10-5-6-11(14)19-10/h5-8,12H,1-4H3,(H,15,18)(H,16,17)/t8-,12-/m1/s1. The van der Waals surface area contributed by atoms with Crippen molar-refractivity contribution in [2.24, 2.45) is 5.92 Å². The van der Waals surface area contributed by atoms with E-state index in [1.807, 2.05) is 26.8 Å². The van der Waals surface area contributed by atoms with Crippen molar-refractivity contribution in [3.05, 3.63) is 21.3 Å². The number of rotatable bonds is 5. The highest BCUT2D eigenvalue weighted by atomic mass is 35.5. The van der Waals surface area contributed by atoms with Crippen molar-refractivity contribution in [3.63, 3.8) is 0 Å². The molecule has 2 atom stereocenters. The zero-order chi connectivity index (χ0) is 14.6. The smallest absolute Gasteiger partial charge is 0.243 e. The number of carbonyl (C=O) groups is 2. The van der Waals surface area contributed by atoms with Crippen molar-refractivity contribution >= 4 is 34.8 Å². The molecule has 2 amide bonds. The molecule has 0 aliphatic rings. The van der Waals surface area contributed by atoms with E-state index in [4.69, 9.17) is 11.6 Å². The molecule has 0 bridgehead atoms. The Hall–Kier alpha value is -1.07. The van der Waals surface area contributed by atoms with Gasteiger partial charge < -0.3 is 10.6 Å². The molecule has 4 nitrogen and oxygen atoms in total. The van der Waals surface area contributed by atoms with E-state index >= 15 is 0 Å². The second-order valence-electron chi connectivity index (χ2n) is 4.79. The minimum absolute atomic E-state index is 0.0306. The maximum Gasteiger partial charge on any atom is 0.243 e. The Kier molecular flexibility index (Phi) is 5.82. The highest BCUT2D eigenvalue weighted by Gasteiger charge is 2.24. The van der Waals surface area contributed by atoms with Crippen LogP contribution in [0.25, 0.3) is 0 Å². The van der Waals surface area contributed by atoms with Crippen LogP contribution < -0.4 is 10.6 Å². The summed E-state index contributed by atoms with van der Waals surface area (Å²) in [6, 6.07) is 3.05. The van der Waals surface area contributed by atoms with Crippen molar-refractivity contribution in [2.75, 3.05) is 0 Å². The van der Waals surface area contributed by atoms with Gasteiger partial charge in [-0.05, 0) is 25.0 Å². The zero-order valence-electron chi connectivity index (χ0n) is 11.5. The van der Waals surface area contributed by atoms with Gasteiger partial charge in [-0.15, -0.1) is 11.3 Å². The molecule has 0 aliphatic heterocycles. The molecule has 0 spiro atoms. The van der Waals surface area contributed by atoms with E-state index in [2.05, 4.69) is 10.6 Å². The molecule has 2 N–H and O–H groups in total. The highest BCUT2D eigenvalue weighted by Crippen LogP contribution is 2.26. The number of hydrogen-bond acceptors (Lipinski definition) is 3. The largest absolute Gasteiger partial charge is 0.347 e. The topological polar surface area (TPSA) is 58.2 Å². The molecule has 0 aromatic carbocycles. The summed E-state index contributed by atoms with van der Waals surface area (Å²) in [6.07, 6.45) is 0. The van der Waals surface area contributed by atoms with E-state index in [1.165, 1.54) is 18.3 Å². The van der Waals surface area contributed by atoms with Gasteiger partial charge in [0.15, 0.2) is 0 Å². The van der Waals surface area contributed by atoms with Crippen LogP contribution in [0.2, 0.25) is 4.34 Å². The second-order valence-corrected chi connectivity index (χ2v) is 6.54. The lowest BCUT2D eigenvalue weighted by Crippen LogP contribution is -2.49. The number of nitrogens with one attached hydrogen (secondary N) is 2. The predicted octanol–water partition coefficient (Wildman–Crippen LogP) is 2.74. The summed E-state index contributed by atoms with van der Waals surface area (Å²) >= 11 is 7.31. The molecular weight excluding hydrogens is 284 g/mol. The highest BCUT2D eigenvalue weighted by molar-refractivity contribution is 7.16. The first-order valence-corrected chi connectivity index (χ1v) is 7.33. The number of amides is 2. The molecule has 0 fully saturated rings. The molecule has 0 radical (unpaired) electrons. The van der Waals surface area contributed by atoms with Gasteiger partial charge in [0.05, 0.1) is 10.4 Å². The molecule has 1 rings (SSSR count). The molecule has 0 saturated carbocycles. The summed E-state index contributed by atoms with van der Waals surface area (Å²) in [6.45, 7) is 7.09. The Balaban J connectivity index is 2.68. The molecule has 1 heterocycles. The summed E-state index contributed by atoms with van der Waals surface area (Å²) in [7, 11) is 0. The van der Waals surface area contributed by atoms with Crippen molar-refractivity contribution in [1.29, 1.82) is 0 Å². The maximum absolute atomic E-state index is 12.2. The van der Waals surface area contributed by atoms with Crippen LogP contribution >= 0.6 is 22.9 Å². The van der Waals surface area contributed by atoms with Gasteiger partial charge >= 0.3 is 0 Å². The molecule has 6 heteroatoms. The van der Waals surface area contributed by atoms with Crippen molar-refractivity contribution < 1.29 is 9.59 Å². The first-order chi connectivity index (χ1) is 8.81. The molecule has 1 aromatic heterocycles. The summed E-state index contributed by atoms with van der Waals surface area (Å²) < 4.78 is 0.693. The van der Waals surface area contributed by atoms with Gasteiger partial charge in [0, 0.05) is 11.8 Å². The second kappa shape index (κ2) is 6.91. The molecule has 0 unspecified atom stereocenters. The SMILES string of the molecule is CC(=O)N[C@@H](C(=O)N[C@H](C)c1ccc(Cl)s1)C(C)C. The fraction of sp³-hybridized carbons (Fsp3) is 0.538. The van der Waals surface area contributed by atoms with E-state index in [-0.39, 0.29) is 23.8 Å². The fourth-order valence-corrected chi connectivity index (χ4v) is 2.75. The lowest BCUT2D eigenvalue weighted by atomic mass is 10.0. The van der Waals surface area contributed by atoms with Crippen LogP contribution in [0.5, 0.6) is 0 Å². The van der Waals surface area contributed by atoms with Gasteiger partial charge in [-0.25, -0.2) is 0 Å². The van der Waals surface area contributed by atoms with Crippen molar-refractivity contribution in [1.82, 2.24) is 10.6 Å². The monoisotopic (exact) mass is 302 g/mol. The average Bonchev–Trinajstić information content (AvgIpc) is 2.72. The third-order valence-electron chi connectivity index (χ3n) is 2.69. The maximum atomic E-state index is 12.2. The predicted molar refractivity (Wildman–Crippen MR) is 78.3 cm³/mol. The molecule has 19 heavy (non-hydrogen) atoms. The normalized spacial score (nSPS) is 14.0. The minimum atomic E-state index is -0.518. The van der Waals surface area contributed by atoms with E-state index < -0.39 is 6.04 Å².